The molecule has 4 nitrogen and oxygen atoms in total. The summed E-state index contributed by atoms with van der Waals surface area (Å²) >= 11 is 0. The average molecular weight is 280 g/mol. The molecular weight excluding hydrogens is 260 g/mol. The maximum Gasteiger partial charge on any atom is 0.243 e. The highest BCUT2D eigenvalue weighted by Crippen LogP contribution is 2.27. The second-order valence-electron chi connectivity index (χ2n) is 5.30. The van der Waals surface area contributed by atoms with Gasteiger partial charge in [0, 0.05) is 25.7 Å². The van der Waals surface area contributed by atoms with Crippen LogP contribution in [0.4, 0.5) is 0 Å². The predicted molar refractivity (Wildman–Crippen MR) is 74.7 cm³/mol. The van der Waals surface area contributed by atoms with Crippen LogP contribution in [0.25, 0.3) is 0 Å². The fourth-order valence-electron chi connectivity index (χ4n) is 2.95. The van der Waals surface area contributed by atoms with Crippen molar-refractivity contribution < 1.29 is 8.42 Å². The third-order valence-corrected chi connectivity index (χ3v) is 6.18. The Morgan fingerprint density at radius 1 is 1.26 bits per heavy atom. The summed E-state index contributed by atoms with van der Waals surface area (Å²) in [6, 6.07) is 5.76. The Hall–Kier alpha value is -0.910. The number of benzene rings is 1. The SMILES string of the molecule is CCN(C1CNC1)S(=O)(=O)c1ccc2c(c1)CCC2. The molecule has 1 heterocycles. The minimum absolute atomic E-state index is 0.114. The number of hydrogen-bond acceptors (Lipinski definition) is 3. The van der Waals surface area contributed by atoms with Gasteiger partial charge in [-0.05, 0) is 42.5 Å². The number of sulfonamides is 1. The van der Waals surface area contributed by atoms with Crippen molar-refractivity contribution in [2.45, 2.75) is 37.1 Å². The van der Waals surface area contributed by atoms with Gasteiger partial charge in [-0.3, -0.25) is 0 Å². The normalized spacial score (nSPS) is 19.5. The molecule has 5 heteroatoms. The van der Waals surface area contributed by atoms with Gasteiger partial charge in [-0.15, -0.1) is 0 Å². The summed E-state index contributed by atoms with van der Waals surface area (Å²) < 4.78 is 27.0. The summed E-state index contributed by atoms with van der Waals surface area (Å²) in [5.74, 6) is 0. The highest BCUT2D eigenvalue weighted by molar-refractivity contribution is 7.89. The van der Waals surface area contributed by atoms with Crippen LogP contribution >= 0.6 is 0 Å². The number of hydrogen-bond donors (Lipinski definition) is 1. The molecule has 0 bridgehead atoms. The molecule has 1 aromatic carbocycles. The van der Waals surface area contributed by atoms with Crippen molar-refractivity contribution in [2.75, 3.05) is 19.6 Å². The van der Waals surface area contributed by atoms with Crippen LogP contribution in [-0.4, -0.2) is 38.4 Å². The van der Waals surface area contributed by atoms with Gasteiger partial charge in [0.2, 0.25) is 10.0 Å². The largest absolute Gasteiger partial charge is 0.313 e. The van der Waals surface area contributed by atoms with Crippen molar-refractivity contribution in [3.8, 4) is 0 Å². The van der Waals surface area contributed by atoms with E-state index in [0.717, 1.165) is 32.4 Å². The summed E-state index contributed by atoms with van der Waals surface area (Å²) in [6.07, 6.45) is 3.23. The molecule has 0 aromatic heterocycles. The first-order valence-electron chi connectivity index (χ1n) is 6.97. The van der Waals surface area contributed by atoms with E-state index in [4.69, 9.17) is 0 Å². The zero-order valence-electron chi connectivity index (χ0n) is 11.2. The fraction of sp³-hybridized carbons (Fsp3) is 0.571. The van der Waals surface area contributed by atoms with Gasteiger partial charge in [0.1, 0.15) is 0 Å². The molecule has 1 aliphatic heterocycles. The minimum atomic E-state index is -3.34. The van der Waals surface area contributed by atoms with Gasteiger partial charge in [0.05, 0.1) is 4.90 Å². The molecule has 0 unspecified atom stereocenters. The highest BCUT2D eigenvalue weighted by atomic mass is 32.2. The van der Waals surface area contributed by atoms with E-state index >= 15 is 0 Å². The van der Waals surface area contributed by atoms with Gasteiger partial charge < -0.3 is 5.32 Å². The molecule has 1 fully saturated rings. The number of aryl methyl sites for hydroxylation is 2. The Bertz CT molecular complexity index is 579. The Morgan fingerprint density at radius 3 is 2.63 bits per heavy atom. The number of likely N-dealkylation sites (N-methyl/N-ethyl adjacent to an activating group) is 1. The lowest BCUT2D eigenvalue weighted by molar-refractivity contribution is 0.249. The van der Waals surface area contributed by atoms with Crippen LogP contribution in [0.1, 0.15) is 24.5 Å². The molecule has 0 amide bonds. The van der Waals surface area contributed by atoms with Gasteiger partial charge in [-0.1, -0.05) is 13.0 Å². The van der Waals surface area contributed by atoms with Crippen molar-refractivity contribution in [1.82, 2.24) is 9.62 Å². The summed E-state index contributed by atoms with van der Waals surface area (Å²) in [6.45, 7) is 3.96. The molecule has 1 aliphatic carbocycles. The maximum atomic E-state index is 12.7. The van der Waals surface area contributed by atoms with E-state index in [1.54, 1.807) is 10.4 Å². The number of rotatable bonds is 4. The topological polar surface area (TPSA) is 49.4 Å². The Balaban J connectivity index is 1.94. The van der Waals surface area contributed by atoms with Crippen LogP contribution in [0, 0.1) is 0 Å². The second-order valence-corrected chi connectivity index (χ2v) is 7.20. The van der Waals surface area contributed by atoms with Crippen LogP contribution in [0.2, 0.25) is 0 Å². The van der Waals surface area contributed by atoms with Crippen molar-refractivity contribution >= 4 is 10.0 Å². The maximum absolute atomic E-state index is 12.7. The monoisotopic (exact) mass is 280 g/mol. The molecule has 2 aliphatic rings. The molecule has 1 N–H and O–H groups in total. The highest BCUT2D eigenvalue weighted by Gasteiger charge is 2.33. The zero-order valence-corrected chi connectivity index (χ0v) is 12.0. The molecule has 0 radical (unpaired) electrons. The fourth-order valence-corrected chi connectivity index (χ4v) is 4.63. The quantitative estimate of drug-likeness (QED) is 0.900. The van der Waals surface area contributed by atoms with Gasteiger partial charge in [-0.2, -0.15) is 4.31 Å². The van der Waals surface area contributed by atoms with Gasteiger partial charge in [0.25, 0.3) is 0 Å². The Morgan fingerprint density at radius 2 is 2.00 bits per heavy atom. The zero-order chi connectivity index (χ0) is 13.5. The summed E-state index contributed by atoms with van der Waals surface area (Å²) in [5.41, 5.74) is 2.52. The van der Waals surface area contributed by atoms with Crippen molar-refractivity contribution in [3.05, 3.63) is 29.3 Å². The van der Waals surface area contributed by atoms with Crippen LogP contribution in [-0.2, 0) is 22.9 Å². The third-order valence-electron chi connectivity index (χ3n) is 4.16. The molecule has 3 rings (SSSR count). The van der Waals surface area contributed by atoms with E-state index in [0.29, 0.717) is 11.4 Å². The van der Waals surface area contributed by atoms with E-state index in [1.807, 2.05) is 19.1 Å². The van der Waals surface area contributed by atoms with Crippen molar-refractivity contribution in [1.29, 1.82) is 0 Å². The van der Waals surface area contributed by atoms with Crippen molar-refractivity contribution in [2.24, 2.45) is 0 Å². The molecule has 19 heavy (non-hydrogen) atoms. The second kappa shape index (κ2) is 4.89. The predicted octanol–water partition coefficient (Wildman–Crippen LogP) is 1.16. The summed E-state index contributed by atoms with van der Waals surface area (Å²) in [4.78, 5) is 0.460. The van der Waals surface area contributed by atoms with E-state index in [-0.39, 0.29) is 6.04 Å². The van der Waals surface area contributed by atoms with E-state index in [1.165, 1.54) is 11.1 Å². The van der Waals surface area contributed by atoms with Crippen LogP contribution < -0.4 is 5.32 Å². The molecule has 1 aromatic rings. The van der Waals surface area contributed by atoms with Crippen molar-refractivity contribution in [3.63, 3.8) is 0 Å². The lowest BCUT2D eigenvalue weighted by Gasteiger charge is -2.36. The van der Waals surface area contributed by atoms with Gasteiger partial charge >= 0.3 is 0 Å². The number of fused-ring (bicyclic) bond motifs is 1. The Kier molecular flexibility index (Phi) is 3.37. The first kappa shape index (κ1) is 13.1. The molecular formula is C14H20N2O2S. The van der Waals surface area contributed by atoms with Crippen LogP contribution in [0.5, 0.6) is 0 Å². The Labute approximate surface area is 114 Å². The minimum Gasteiger partial charge on any atom is -0.313 e. The van der Waals surface area contributed by atoms with Gasteiger partial charge in [-0.25, -0.2) is 8.42 Å². The van der Waals surface area contributed by atoms with E-state index < -0.39 is 10.0 Å². The summed E-state index contributed by atoms with van der Waals surface area (Å²) in [5, 5.41) is 3.14. The standard InChI is InChI=1S/C14H20N2O2S/c1-2-16(13-9-15-10-13)19(17,18)14-7-6-11-4-3-5-12(11)8-14/h6-8,13,15H,2-5,9-10H2,1H3. The van der Waals surface area contributed by atoms with E-state index in [9.17, 15) is 8.42 Å². The van der Waals surface area contributed by atoms with Gasteiger partial charge in [0.15, 0.2) is 0 Å². The molecule has 0 spiro atoms. The molecule has 0 atom stereocenters. The molecule has 0 saturated carbocycles. The first-order valence-corrected chi connectivity index (χ1v) is 8.41. The number of nitrogens with zero attached hydrogens (tertiary/aromatic N) is 1. The van der Waals surface area contributed by atoms with Crippen LogP contribution in [0.3, 0.4) is 0 Å². The lowest BCUT2D eigenvalue weighted by atomic mass is 10.1. The third kappa shape index (κ3) is 2.20. The molecule has 104 valence electrons. The lowest BCUT2D eigenvalue weighted by Crippen LogP contribution is -2.58. The van der Waals surface area contributed by atoms with E-state index in [2.05, 4.69) is 5.32 Å². The van der Waals surface area contributed by atoms with Crippen LogP contribution in [0.15, 0.2) is 23.1 Å². The first-order chi connectivity index (χ1) is 9.13. The number of nitrogens with one attached hydrogen (secondary N) is 1. The average Bonchev–Trinajstić information content (AvgIpc) is 2.80. The molecule has 1 saturated heterocycles. The smallest absolute Gasteiger partial charge is 0.243 e. The summed E-state index contributed by atoms with van der Waals surface area (Å²) in [7, 11) is -3.34.